The van der Waals surface area contributed by atoms with Gasteiger partial charge < -0.3 is 33.9 Å². The molecule has 1 aromatic heterocycles. The van der Waals surface area contributed by atoms with Crippen molar-refractivity contribution in [2.75, 3.05) is 0 Å². The first-order valence-corrected chi connectivity index (χ1v) is 10.9. The first-order valence-electron chi connectivity index (χ1n) is 10.9. The molecule has 12 nitrogen and oxygen atoms in total. The van der Waals surface area contributed by atoms with Crippen LogP contribution in [-0.4, -0.2) is 50.8 Å². The van der Waals surface area contributed by atoms with Gasteiger partial charge in [-0.2, -0.15) is 0 Å². The number of phenolic OH excluding ortho intramolecular Hbond substituents is 3. The fraction of sp³-hybridized carbons (Fsp3) is 0.160. The lowest BCUT2D eigenvalue weighted by Gasteiger charge is -2.31. The summed E-state index contributed by atoms with van der Waals surface area (Å²) < 4.78 is 22.3. The number of ketones is 3. The van der Waals surface area contributed by atoms with Crippen LogP contribution < -0.4 is 15.1 Å². The second-order valence-corrected chi connectivity index (χ2v) is 8.99. The minimum atomic E-state index is -2.37. The van der Waals surface area contributed by atoms with Crippen LogP contribution in [0.1, 0.15) is 48.5 Å². The number of aryl methyl sites for hydroxylation is 1. The van der Waals surface area contributed by atoms with Crippen LogP contribution in [0.3, 0.4) is 0 Å². The van der Waals surface area contributed by atoms with Gasteiger partial charge in [-0.05, 0) is 24.4 Å². The van der Waals surface area contributed by atoms with E-state index >= 15 is 0 Å². The average molecular weight is 504 g/mol. The molecule has 4 aliphatic rings. The number of aldehydes is 1. The highest BCUT2D eigenvalue weighted by atomic mass is 16.8. The molecular formula is C25H12O12. The van der Waals surface area contributed by atoms with Gasteiger partial charge in [0.1, 0.15) is 28.6 Å². The van der Waals surface area contributed by atoms with Gasteiger partial charge >= 0.3 is 11.4 Å². The zero-order chi connectivity index (χ0) is 26.1. The number of ether oxygens (including phenoxy) is 3. The molecule has 4 heterocycles. The molecule has 12 heteroatoms. The summed E-state index contributed by atoms with van der Waals surface area (Å²) in [6, 6.07) is 3.07. The van der Waals surface area contributed by atoms with Crippen molar-refractivity contribution >= 4 is 34.4 Å². The van der Waals surface area contributed by atoms with Crippen molar-refractivity contribution in [1.82, 2.24) is 0 Å². The third kappa shape index (κ3) is 2.37. The molecule has 0 radical (unpaired) electrons. The van der Waals surface area contributed by atoms with E-state index in [1.54, 1.807) is 6.92 Å². The monoisotopic (exact) mass is 504 g/mol. The minimum absolute atomic E-state index is 0.120. The number of fused-ring (bicyclic) bond motifs is 7. The normalized spacial score (nSPS) is 24.6. The van der Waals surface area contributed by atoms with Crippen molar-refractivity contribution in [2.24, 2.45) is 0 Å². The molecule has 1 saturated heterocycles. The summed E-state index contributed by atoms with van der Waals surface area (Å²) >= 11 is 0. The highest BCUT2D eigenvalue weighted by Gasteiger charge is 2.72. The number of rotatable bonds is 1. The van der Waals surface area contributed by atoms with E-state index in [0.717, 1.165) is 0 Å². The predicted molar refractivity (Wildman–Crippen MR) is 117 cm³/mol. The van der Waals surface area contributed by atoms with E-state index in [4.69, 9.17) is 18.6 Å². The number of carbonyl (C=O) groups is 4. The SMILES string of the molecule is Cc1cc2cc3c(c(O)c2c(=O)o1)O[C@@]1(Oc2c(O)c4c(c(O)c2C1=O)C(=O)C=C(C=O)C4=O)[C@@H]1O[C@H]31. The molecule has 3 N–H and O–H groups in total. The summed E-state index contributed by atoms with van der Waals surface area (Å²) in [6.07, 6.45) is -1.14. The van der Waals surface area contributed by atoms with E-state index < -0.39 is 86.2 Å². The molecule has 3 aromatic rings. The highest BCUT2D eigenvalue weighted by Crippen LogP contribution is 2.62. The van der Waals surface area contributed by atoms with Gasteiger partial charge in [-0.25, -0.2) is 4.79 Å². The van der Waals surface area contributed by atoms with Crippen molar-refractivity contribution in [1.29, 1.82) is 0 Å². The Morgan fingerprint density at radius 2 is 1.65 bits per heavy atom. The summed E-state index contributed by atoms with van der Waals surface area (Å²) in [4.78, 5) is 62.6. The molecule has 7 rings (SSSR count). The number of Topliss-reactive ketones (excluding diaryl/α,β-unsaturated/α-hetero) is 2. The van der Waals surface area contributed by atoms with Crippen LogP contribution in [-0.2, 0) is 9.53 Å². The van der Waals surface area contributed by atoms with E-state index in [9.17, 15) is 39.3 Å². The molecule has 3 aliphatic heterocycles. The Labute approximate surface area is 203 Å². The Morgan fingerprint density at radius 3 is 2.38 bits per heavy atom. The fourth-order valence-corrected chi connectivity index (χ4v) is 5.24. The number of aromatic hydroxyl groups is 3. The summed E-state index contributed by atoms with van der Waals surface area (Å²) in [6.45, 7) is 1.56. The van der Waals surface area contributed by atoms with Crippen molar-refractivity contribution in [3.05, 3.63) is 62.2 Å². The lowest BCUT2D eigenvalue weighted by Crippen LogP contribution is -2.53. The first-order chi connectivity index (χ1) is 17.6. The standard InChI is InChI=1S/C25H12O12/c1-6-2-7-3-9-19(17(30)11(7)24(33)34-6)36-25(23-20(9)35-23)22(32)14-16(29)12-10(27)4-8(5-26)15(28)13(12)18(31)21(14)37-25/h2-5,20,23,29-31H,1H3/t20-,23-,25+/m1/s1. The number of hydrogen-bond donors (Lipinski definition) is 3. The van der Waals surface area contributed by atoms with Crippen LogP contribution in [0, 0.1) is 6.92 Å². The molecule has 0 bridgehead atoms. The third-order valence-electron chi connectivity index (χ3n) is 6.91. The molecule has 1 spiro atoms. The summed E-state index contributed by atoms with van der Waals surface area (Å²) in [5.41, 5.74) is -3.13. The zero-order valence-electron chi connectivity index (χ0n) is 18.5. The molecule has 2 aromatic carbocycles. The van der Waals surface area contributed by atoms with Crippen molar-refractivity contribution in [3.8, 4) is 28.7 Å². The predicted octanol–water partition coefficient (Wildman–Crippen LogP) is 1.53. The average Bonchev–Trinajstić information content (AvgIpc) is 3.60. The lowest BCUT2D eigenvalue weighted by molar-refractivity contribution is -0.104. The Balaban J connectivity index is 1.43. The number of phenols is 3. The van der Waals surface area contributed by atoms with Gasteiger partial charge in [-0.15, -0.1) is 0 Å². The molecule has 0 saturated carbocycles. The van der Waals surface area contributed by atoms with Gasteiger partial charge in [0.05, 0.1) is 16.7 Å². The smallest absolute Gasteiger partial charge is 0.347 e. The Hall–Kier alpha value is -4.97. The van der Waals surface area contributed by atoms with E-state index in [1.807, 2.05) is 0 Å². The van der Waals surface area contributed by atoms with Crippen molar-refractivity contribution in [2.45, 2.75) is 24.9 Å². The second-order valence-electron chi connectivity index (χ2n) is 8.99. The van der Waals surface area contributed by atoms with E-state index in [-0.39, 0.29) is 17.4 Å². The van der Waals surface area contributed by atoms with Crippen LogP contribution in [0.2, 0.25) is 0 Å². The Morgan fingerprint density at radius 1 is 0.919 bits per heavy atom. The van der Waals surface area contributed by atoms with Gasteiger partial charge in [-0.1, -0.05) is 0 Å². The maximum atomic E-state index is 13.6. The zero-order valence-corrected chi connectivity index (χ0v) is 18.5. The number of benzene rings is 2. The fourth-order valence-electron chi connectivity index (χ4n) is 5.24. The topological polar surface area (TPSA) is 190 Å². The van der Waals surface area contributed by atoms with Crippen molar-refractivity contribution in [3.63, 3.8) is 0 Å². The van der Waals surface area contributed by atoms with E-state index in [0.29, 0.717) is 22.8 Å². The summed E-state index contributed by atoms with van der Waals surface area (Å²) in [7, 11) is 0. The Kier molecular flexibility index (Phi) is 3.70. The first kappa shape index (κ1) is 21.3. The number of carbonyl (C=O) groups excluding carboxylic acids is 4. The Bertz CT molecular complexity index is 1810. The van der Waals surface area contributed by atoms with Crippen LogP contribution in [0.5, 0.6) is 28.7 Å². The quantitative estimate of drug-likeness (QED) is 0.188. The van der Waals surface area contributed by atoms with Crippen molar-refractivity contribution < 1.29 is 53.1 Å². The molecule has 0 amide bonds. The molecule has 37 heavy (non-hydrogen) atoms. The lowest BCUT2D eigenvalue weighted by atomic mass is 9.85. The molecule has 0 unspecified atom stereocenters. The molecule has 1 aliphatic carbocycles. The third-order valence-corrected chi connectivity index (χ3v) is 6.91. The van der Waals surface area contributed by atoms with E-state index in [2.05, 4.69) is 0 Å². The summed E-state index contributed by atoms with van der Waals surface area (Å²) in [5.74, 6) is -8.69. The van der Waals surface area contributed by atoms with Gasteiger partial charge in [0, 0.05) is 11.6 Å². The van der Waals surface area contributed by atoms with Gasteiger partial charge in [-0.3, -0.25) is 19.2 Å². The van der Waals surface area contributed by atoms with Gasteiger partial charge in [0.2, 0.25) is 5.78 Å². The molecule has 1 fully saturated rings. The van der Waals surface area contributed by atoms with Crippen LogP contribution in [0.25, 0.3) is 10.8 Å². The largest absolute Gasteiger partial charge is 0.506 e. The van der Waals surface area contributed by atoms with Crippen LogP contribution >= 0.6 is 0 Å². The molecular weight excluding hydrogens is 492 g/mol. The maximum absolute atomic E-state index is 13.6. The second kappa shape index (κ2) is 6.42. The molecule has 3 atom stereocenters. The number of allylic oxidation sites excluding steroid dienone is 2. The minimum Gasteiger partial charge on any atom is -0.506 e. The highest BCUT2D eigenvalue weighted by molar-refractivity contribution is 6.34. The molecule has 184 valence electrons. The van der Waals surface area contributed by atoms with Crippen LogP contribution in [0.15, 0.2) is 33.0 Å². The van der Waals surface area contributed by atoms with Crippen LogP contribution in [0.4, 0.5) is 0 Å². The summed E-state index contributed by atoms with van der Waals surface area (Å²) in [5, 5.41) is 32.8. The maximum Gasteiger partial charge on any atom is 0.347 e. The number of epoxide rings is 1. The van der Waals surface area contributed by atoms with Gasteiger partial charge in [0.25, 0.3) is 5.78 Å². The van der Waals surface area contributed by atoms with E-state index in [1.165, 1.54) is 12.1 Å². The van der Waals surface area contributed by atoms with Gasteiger partial charge in [0.15, 0.2) is 41.2 Å². The number of hydrogen-bond acceptors (Lipinski definition) is 12.